The van der Waals surface area contributed by atoms with Gasteiger partial charge in [-0.15, -0.1) is 11.3 Å². The van der Waals surface area contributed by atoms with Crippen molar-refractivity contribution >= 4 is 27.4 Å². The van der Waals surface area contributed by atoms with Gasteiger partial charge in [-0.05, 0) is 24.4 Å². The summed E-state index contributed by atoms with van der Waals surface area (Å²) >= 11 is 1.69. The highest BCUT2D eigenvalue weighted by Crippen LogP contribution is 2.33. The monoisotopic (exact) mass is 328 g/mol. The van der Waals surface area contributed by atoms with Gasteiger partial charge in [-0.3, -0.25) is 4.90 Å². The van der Waals surface area contributed by atoms with Crippen molar-refractivity contribution in [1.29, 1.82) is 0 Å². The van der Waals surface area contributed by atoms with Crippen LogP contribution in [0.1, 0.15) is 24.4 Å². The van der Waals surface area contributed by atoms with E-state index in [1.54, 1.807) is 17.7 Å². The number of aromatic amines is 1. The molecule has 1 saturated heterocycles. The van der Waals surface area contributed by atoms with E-state index in [0.717, 1.165) is 42.7 Å². The van der Waals surface area contributed by atoms with E-state index in [-0.39, 0.29) is 6.04 Å². The van der Waals surface area contributed by atoms with Crippen LogP contribution < -0.4 is 4.90 Å². The molecule has 120 valence electrons. The smallest absolute Gasteiger partial charge is 0.141 e. The Morgan fingerprint density at radius 1 is 1.30 bits per heavy atom. The molecule has 0 amide bonds. The van der Waals surface area contributed by atoms with Gasteiger partial charge in [0.1, 0.15) is 22.8 Å². The van der Waals surface area contributed by atoms with Crippen molar-refractivity contribution in [3.05, 3.63) is 35.5 Å². The van der Waals surface area contributed by atoms with Crippen LogP contribution in [-0.2, 0) is 0 Å². The Morgan fingerprint density at radius 3 is 3.00 bits per heavy atom. The second-order valence-corrected chi connectivity index (χ2v) is 6.72. The number of likely N-dealkylation sites (N-methyl/N-ethyl adjacent to an activating group) is 1. The molecule has 1 atom stereocenters. The summed E-state index contributed by atoms with van der Waals surface area (Å²) in [5, 5.41) is 3.36. The molecule has 4 heterocycles. The van der Waals surface area contributed by atoms with Crippen LogP contribution in [0.5, 0.6) is 0 Å². The van der Waals surface area contributed by atoms with Crippen molar-refractivity contribution in [3.63, 3.8) is 0 Å². The van der Waals surface area contributed by atoms with Gasteiger partial charge in [-0.2, -0.15) is 0 Å². The lowest BCUT2D eigenvalue weighted by Crippen LogP contribution is -2.49. The van der Waals surface area contributed by atoms with Crippen LogP contribution in [0.25, 0.3) is 10.2 Å². The molecule has 3 aromatic heterocycles. The van der Waals surface area contributed by atoms with Gasteiger partial charge >= 0.3 is 0 Å². The zero-order chi connectivity index (χ0) is 15.8. The predicted molar refractivity (Wildman–Crippen MR) is 92.9 cm³/mol. The number of hydrogen-bond donors (Lipinski definition) is 1. The minimum atomic E-state index is 0.271. The summed E-state index contributed by atoms with van der Waals surface area (Å²) in [6, 6.07) is 0.271. The number of aryl methyl sites for hydroxylation is 1. The van der Waals surface area contributed by atoms with Crippen LogP contribution in [0.3, 0.4) is 0 Å². The van der Waals surface area contributed by atoms with E-state index in [1.165, 1.54) is 10.9 Å². The molecule has 0 aromatic carbocycles. The SMILES string of the molecule is CCN1CCN(c2ncnc3scc(C)c23)C[C@H]1c1ncc[nH]1. The highest BCUT2D eigenvalue weighted by molar-refractivity contribution is 7.17. The Bertz CT molecular complexity index is 796. The van der Waals surface area contributed by atoms with Gasteiger partial charge in [0.15, 0.2) is 0 Å². The number of nitrogens with zero attached hydrogens (tertiary/aromatic N) is 5. The fraction of sp³-hybridized carbons (Fsp3) is 0.438. The number of anilines is 1. The zero-order valence-corrected chi connectivity index (χ0v) is 14.2. The second kappa shape index (κ2) is 5.90. The topological polar surface area (TPSA) is 60.9 Å². The number of fused-ring (bicyclic) bond motifs is 1. The fourth-order valence-electron chi connectivity index (χ4n) is 3.35. The molecule has 1 N–H and O–H groups in total. The lowest BCUT2D eigenvalue weighted by Gasteiger charge is -2.40. The standard InChI is InChI=1S/C16H20N6S/c1-3-21-6-7-22(8-12(21)14-17-4-5-18-14)15-13-11(2)9-23-16(13)20-10-19-15/h4-5,9-10,12H,3,6-8H2,1-2H3,(H,17,18)/t12-/m0/s1. The van der Waals surface area contributed by atoms with Gasteiger partial charge in [0, 0.05) is 32.0 Å². The van der Waals surface area contributed by atoms with Crippen molar-refractivity contribution in [2.24, 2.45) is 0 Å². The number of rotatable bonds is 3. The molecule has 0 spiro atoms. The molecule has 1 aliphatic heterocycles. The van der Waals surface area contributed by atoms with Gasteiger partial charge in [0.2, 0.25) is 0 Å². The maximum Gasteiger partial charge on any atom is 0.141 e. The zero-order valence-electron chi connectivity index (χ0n) is 13.4. The maximum atomic E-state index is 4.60. The lowest BCUT2D eigenvalue weighted by atomic mass is 10.1. The highest BCUT2D eigenvalue weighted by atomic mass is 32.1. The first-order valence-corrected chi connectivity index (χ1v) is 8.83. The van der Waals surface area contributed by atoms with Gasteiger partial charge in [-0.1, -0.05) is 6.92 Å². The number of thiophene rings is 1. The summed E-state index contributed by atoms with van der Waals surface area (Å²) in [5.41, 5.74) is 1.26. The van der Waals surface area contributed by atoms with Gasteiger partial charge in [0.05, 0.1) is 11.4 Å². The first-order valence-electron chi connectivity index (χ1n) is 7.95. The van der Waals surface area contributed by atoms with Gasteiger partial charge in [-0.25, -0.2) is 15.0 Å². The van der Waals surface area contributed by atoms with Crippen molar-refractivity contribution in [3.8, 4) is 0 Å². The van der Waals surface area contributed by atoms with E-state index >= 15 is 0 Å². The molecular weight excluding hydrogens is 308 g/mol. The third-order valence-electron chi connectivity index (χ3n) is 4.57. The first-order chi connectivity index (χ1) is 11.3. The Hall–Kier alpha value is -1.99. The Kier molecular flexibility index (Phi) is 3.74. The number of H-pyrrole nitrogens is 1. The molecule has 7 heteroatoms. The molecule has 23 heavy (non-hydrogen) atoms. The third-order valence-corrected chi connectivity index (χ3v) is 5.57. The molecule has 0 bridgehead atoms. The molecule has 4 rings (SSSR count). The molecular formula is C16H20N6S. The van der Waals surface area contributed by atoms with Crippen LogP contribution in [0, 0.1) is 6.92 Å². The average Bonchev–Trinajstić information content (AvgIpc) is 3.24. The molecule has 1 aliphatic rings. The summed E-state index contributed by atoms with van der Waals surface area (Å²) in [5.74, 6) is 2.09. The summed E-state index contributed by atoms with van der Waals surface area (Å²) in [6.45, 7) is 8.25. The number of nitrogens with one attached hydrogen (secondary N) is 1. The first kappa shape index (κ1) is 14.6. The molecule has 0 aliphatic carbocycles. The molecule has 0 saturated carbocycles. The van der Waals surface area contributed by atoms with Crippen LogP contribution in [0.2, 0.25) is 0 Å². The van der Waals surface area contributed by atoms with Crippen LogP contribution in [0.15, 0.2) is 24.1 Å². The van der Waals surface area contributed by atoms with Gasteiger partial charge < -0.3 is 9.88 Å². The number of piperazine rings is 1. The Morgan fingerprint density at radius 2 is 2.22 bits per heavy atom. The van der Waals surface area contributed by atoms with Crippen molar-refractivity contribution in [2.45, 2.75) is 19.9 Å². The summed E-state index contributed by atoms with van der Waals surface area (Å²) in [4.78, 5) is 22.7. The van der Waals surface area contributed by atoms with Crippen LogP contribution in [-0.4, -0.2) is 51.0 Å². The summed E-state index contributed by atoms with van der Waals surface area (Å²) < 4.78 is 0. The fourth-order valence-corrected chi connectivity index (χ4v) is 4.23. The minimum Gasteiger partial charge on any atom is -0.353 e. The Balaban J connectivity index is 1.71. The Labute approximate surface area is 139 Å². The summed E-state index contributed by atoms with van der Waals surface area (Å²) in [6.07, 6.45) is 5.41. The van der Waals surface area contributed by atoms with Crippen molar-refractivity contribution in [2.75, 3.05) is 31.1 Å². The van der Waals surface area contributed by atoms with Crippen molar-refractivity contribution in [1.82, 2.24) is 24.8 Å². The van der Waals surface area contributed by atoms with E-state index in [9.17, 15) is 0 Å². The third kappa shape index (κ3) is 2.49. The lowest BCUT2D eigenvalue weighted by molar-refractivity contribution is 0.180. The number of hydrogen-bond acceptors (Lipinski definition) is 6. The molecule has 0 radical (unpaired) electrons. The number of aromatic nitrogens is 4. The quantitative estimate of drug-likeness (QED) is 0.801. The minimum absolute atomic E-state index is 0.271. The van der Waals surface area contributed by atoms with Crippen molar-refractivity contribution < 1.29 is 0 Å². The normalized spacial score (nSPS) is 19.6. The van der Waals surface area contributed by atoms with E-state index in [1.807, 2.05) is 12.4 Å². The molecule has 3 aromatic rings. The van der Waals surface area contributed by atoms with Gasteiger partial charge in [0.25, 0.3) is 0 Å². The summed E-state index contributed by atoms with van der Waals surface area (Å²) in [7, 11) is 0. The van der Waals surface area contributed by atoms with Crippen LogP contribution >= 0.6 is 11.3 Å². The van der Waals surface area contributed by atoms with E-state index in [0.29, 0.717) is 0 Å². The molecule has 6 nitrogen and oxygen atoms in total. The average molecular weight is 328 g/mol. The predicted octanol–water partition coefficient (Wildman–Crippen LogP) is 2.61. The highest BCUT2D eigenvalue weighted by Gasteiger charge is 2.30. The van der Waals surface area contributed by atoms with E-state index in [2.05, 4.69) is 49.0 Å². The van der Waals surface area contributed by atoms with E-state index in [4.69, 9.17) is 0 Å². The maximum absolute atomic E-state index is 4.60. The largest absolute Gasteiger partial charge is 0.353 e. The second-order valence-electron chi connectivity index (χ2n) is 5.86. The molecule has 0 unspecified atom stereocenters. The number of imidazole rings is 1. The van der Waals surface area contributed by atoms with Crippen LogP contribution in [0.4, 0.5) is 5.82 Å². The van der Waals surface area contributed by atoms with E-state index < -0.39 is 0 Å². The molecule has 1 fully saturated rings.